The van der Waals surface area contributed by atoms with Crippen LogP contribution in [0, 0.1) is 0 Å². The van der Waals surface area contributed by atoms with Crippen molar-refractivity contribution in [3.8, 4) is 0 Å². The molecule has 0 aromatic heterocycles. The van der Waals surface area contributed by atoms with Gasteiger partial charge in [0.05, 0.1) is 5.69 Å². The monoisotopic (exact) mass is 313 g/mol. The molecule has 0 spiro atoms. The molecular weight excluding hydrogens is 286 g/mol. The molecule has 6 heteroatoms. The van der Waals surface area contributed by atoms with E-state index in [0.29, 0.717) is 12.2 Å². The molecule has 0 aliphatic carbocycles. The molecule has 0 saturated carbocycles. The van der Waals surface area contributed by atoms with Crippen LogP contribution < -0.4 is 15.8 Å². The summed E-state index contributed by atoms with van der Waals surface area (Å²) in [6.45, 7) is 8.28. The SMILES string of the molecule is CCC(C)(CCN)Nc1ccccc1S(=O)(=O)NC(C)C. The Morgan fingerprint density at radius 2 is 1.90 bits per heavy atom. The first-order valence-electron chi connectivity index (χ1n) is 7.33. The molecule has 0 bridgehead atoms. The zero-order valence-corrected chi connectivity index (χ0v) is 14.1. The maximum atomic E-state index is 12.4. The lowest BCUT2D eigenvalue weighted by Crippen LogP contribution is -2.37. The van der Waals surface area contributed by atoms with E-state index in [1.165, 1.54) is 0 Å². The summed E-state index contributed by atoms with van der Waals surface area (Å²) in [4.78, 5) is 0.274. The quantitative estimate of drug-likeness (QED) is 0.687. The first-order chi connectivity index (χ1) is 9.74. The molecule has 120 valence electrons. The number of hydrogen-bond donors (Lipinski definition) is 3. The lowest BCUT2D eigenvalue weighted by molar-refractivity contribution is 0.462. The van der Waals surface area contributed by atoms with Gasteiger partial charge in [-0.05, 0) is 52.3 Å². The van der Waals surface area contributed by atoms with E-state index in [2.05, 4.69) is 23.9 Å². The van der Waals surface area contributed by atoms with Crippen molar-refractivity contribution in [3.63, 3.8) is 0 Å². The van der Waals surface area contributed by atoms with Gasteiger partial charge < -0.3 is 11.1 Å². The third kappa shape index (κ3) is 4.98. The lowest BCUT2D eigenvalue weighted by atomic mass is 9.94. The number of anilines is 1. The molecule has 0 aliphatic heterocycles. The predicted octanol–water partition coefficient (Wildman–Crippen LogP) is 2.30. The first-order valence-corrected chi connectivity index (χ1v) is 8.82. The Labute approximate surface area is 128 Å². The largest absolute Gasteiger partial charge is 0.379 e. The van der Waals surface area contributed by atoms with E-state index in [4.69, 9.17) is 5.73 Å². The van der Waals surface area contributed by atoms with Gasteiger partial charge in [0, 0.05) is 11.6 Å². The van der Waals surface area contributed by atoms with Crippen LogP contribution in [-0.2, 0) is 10.0 Å². The standard InChI is InChI=1S/C15H27N3O2S/c1-5-15(4,10-11-16)17-13-8-6-7-9-14(13)21(19,20)18-12(2)3/h6-9,12,17-18H,5,10-11,16H2,1-4H3. The summed E-state index contributed by atoms with van der Waals surface area (Å²) in [6, 6.07) is 6.82. The highest BCUT2D eigenvalue weighted by atomic mass is 32.2. The van der Waals surface area contributed by atoms with Gasteiger partial charge in [-0.15, -0.1) is 0 Å². The average Bonchev–Trinajstić information content (AvgIpc) is 2.38. The Morgan fingerprint density at radius 3 is 2.43 bits per heavy atom. The maximum Gasteiger partial charge on any atom is 0.242 e. The van der Waals surface area contributed by atoms with Gasteiger partial charge in [0.2, 0.25) is 10.0 Å². The van der Waals surface area contributed by atoms with Gasteiger partial charge in [0.1, 0.15) is 4.90 Å². The van der Waals surface area contributed by atoms with Crippen molar-refractivity contribution in [2.45, 2.75) is 57.0 Å². The second-order valence-corrected chi connectivity index (χ2v) is 7.53. The minimum absolute atomic E-state index is 0.148. The zero-order chi connectivity index (χ0) is 16.1. The van der Waals surface area contributed by atoms with E-state index in [1.54, 1.807) is 32.0 Å². The van der Waals surface area contributed by atoms with E-state index in [1.807, 2.05) is 6.07 Å². The van der Waals surface area contributed by atoms with Crippen LogP contribution in [0.25, 0.3) is 0 Å². The van der Waals surface area contributed by atoms with Gasteiger partial charge in [-0.3, -0.25) is 0 Å². The number of hydrogen-bond acceptors (Lipinski definition) is 4. The van der Waals surface area contributed by atoms with Crippen LogP contribution in [-0.4, -0.2) is 26.5 Å². The number of nitrogens with one attached hydrogen (secondary N) is 2. The summed E-state index contributed by atoms with van der Waals surface area (Å²) in [7, 11) is -3.53. The van der Waals surface area contributed by atoms with Crippen molar-refractivity contribution < 1.29 is 8.42 Å². The predicted molar refractivity (Wildman–Crippen MR) is 87.9 cm³/mol. The Hall–Kier alpha value is -1.11. The maximum absolute atomic E-state index is 12.4. The van der Waals surface area contributed by atoms with E-state index in [-0.39, 0.29) is 16.5 Å². The summed E-state index contributed by atoms with van der Waals surface area (Å²) in [5.74, 6) is 0. The third-order valence-corrected chi connectivity index (χ3v) is 5.20. The molecule has 1 aromatic carbocycles. The molecule has 0 aliphatic rings. The molecule has 21 heavy (non-hydrogen) atoms. The number of nitrogens with two attached hydrogens (primary N) is 1. The van der Waals surface area contributed by atoms with E-state index in [0.717, 1.165) is 12.8 Å². The van der Waals surface area contributed by atoms with Crippen LogP contribution in [0.5, 0.6) is 0 Å². The summed E-state index contributed by atoms with van der Waals surface area (Å²) in [5, 5.41) is 3.35. The van der Waals surface area contributed by atoms with Crippen LogP contribution in [0.15, 0.2) is 29.2 Å². The highest BCUT2D eigenvalue weighted by Crippen LogP contribution is 2.27. The molecule has 0 saturated heterocycles. The molecule has 0 radical (unpaired) electrons. The summed E-state index contributed by atoms with van der Waals surface area (Å²) in [6.07, 6.45) is 1.63. The zero-order valence-electron chi connectivity index (χ0n) is 13.3. The van der Waals surface area contributed by atoms with Gasteiger partial charge in [-0.25, -0.2) is 13.1 Å². The molecule has 1 aromatic rings. The highest BCUT2D eigenvalue weighted by molar-refractivity contribution is 7.89. The van der Waals surface area contributed by atoms with Crippen LogP contribution in [0.4, 0.5) is 5.69 Å². The molecular formula is C15H27N3O2S. The fourth-order valence-electron chi connectivity index (χ4n) is 2.15. The van der Waals surface area contributed by atoms with Crippen molar-refractivity contribution in [1.82, 2.24) is 4.72 Å². The van der Waals surface area contributed by atoms with Crippen LogP contribution in [0.2, 0.25) is 0 Å². The number of para-hydroxylation sites is 1. The smallest absolute Gasteiger partial charge is 0.242 e. The van der Waals surface area contributed by atoms with Crippen molar-refractivity contribution in [3.05, 3.63) is 24.3 Å². The van der Waals surface area contributed by atoms with E-state index >= 15 is 0 Å². The molecule has 0 heterocycles. The Kier molecular flexibility index (Phi) is 6.19. The van der Waals surface area contributed by atoms with Crippen LogP contribution >= 0.6 is 0 Å². The van der Waals surface area contributed by atoms with Crippen molar-refractivity contribution in [2.24, 2.45) is 5.73 Å². The second-order valence-electron chi connectivity index (χ2n) is 5.85. The third-order valence-electron chi connectivity index (χ3n) is 3.48. The summed E-state index contributed by atoms with van der Waals surface area (Å²) >= 11 is 0. The van der Waals surface area contributed by atoms with Crippen LogP contribution in [0.1, 0.15) is 40.5 Å². The highest BCUT2D eigenvalue weighted by Gasteiger charge is 2.25. The minimum atomic E-state index is -3.53. The normalized spacial score (nSPS) is 15.0. The fraction of sp³-hybridized carbons (Fsp3) is 0.600. The number of rotatable bonds is 8. The molecule has 4 N–H and O–H groups in total. The van der Waals surface area contributed by atoms with E-state index in [9.17, 15) is 8.42 Å². The lowest BCUT2D eigenvalue weighted by Gasteiger charge is -2.31. The van der Waals surface area contributed by atoms with Crippen LogP contribution in [0.3, 0.4) is 0 Å². The van der Waals surface area contributed by atoms with Crippen molar-refractivity contribution in [1.29, 1.82) is 0 Å². The molecule has 5 nitrogen and oxygen atoms in total. The molecule has 0 fully saturated rings. The van der Waals surface area contributed by atoms with E-state index < -0.39 is 10.0 Å². The summed E-state index contributed by atoms with van der Waals surface area (Å²) in [5.41, 5.74) is 6.05. The minimum Gasteiger partial charge on any atom is -0.379 e. The number of benzene rings is 1. The summed E-state index contributed by atoms with van der Waals surface area (Å²) < 4.78 is 27.5. The first kappa shape index (κ1) is 17.9. The van der Waals surface area contributed by atoms with Gasteiger partial charge in [0.25, 0.3) is 0 Å². The van der Waals surface area contributed by atoms with Gasteiger partial charge >= 0.3 is 0 Å². The van der Waals surface area contributed by atoms with Gasteiger partial charge in [0.15, 0.2) is 0 Å². The average molecular weight is 313 g/mol. The molecule has 1 atom stereocenters. The number of sulfonamides is 1. The van der Waals surface area contributed by atoms with Crippen molar-refractivity contribution in [2.75, 3.05) is 11.9 Å². The Morgan fingerprint density at radius 1 is 1.29 bits per heavy atom. The fourth-order valence-corrected chi connectivity index (χ4v) is 3.56. The van der Waals surface area contributed by atoms with Crippen molar-refractivity contribution >= 4 is 15.7 Å². The van der Waals surface area contributed by atoms with Gasteiger partial charge in [-0.2, -0.15) is 0 Å². The molecule has 1 rings (SSSR count). The molecule has 1 unspecified atom stereocenters. The molecule has 0 amide bonds. The second kappa shape index (κ2) is 7.24. The topological polar surface area (TPSA) is 84.2 Å². The Balaban J connectivity index is 3.16. The Bertz CT molecular complexity index is 558. The van der Waals surface area contributed by atoms with Gasteiger partial charge in [-0.1, -0.05) is 19.1 Å².